The van der Waals surface area contributed by atoms with E-state index in [9.17, 15) is 9.59 Å². The van der Waals surface area contributed by atoms with Crippen molar-refractivity contribution in [3.05, 3.63) is 35.4 Å². The predicted octanol–water partition coefficient (Wildman–Crippen LogP) is 1.75. The van der Waals surface area contributed by atoms with Crippen molar-refractivity contribution in [3.63, 3.8) is 0 Å². The molecule has 0 unspecified atom stereocenters. The van der Waals surface area contributed by atoms with Crippen LogP contribution in [0, 0.1) is 0 Å². The van der Waals surface area contributed by atoms with Crippen molar-refractivity contribution >= 4 is 11.8 Å². The average Bonchev–Trinajstić information content (AvgIpc) is 2.26. The Morgan fingerprint density at radius 1 is 1.44 bits per heavy atom. The van der Waals surface area contributed by atoms with Crippen LogP contribution >= 0.6 is 0 Å². The van der Waals surface area contributed by atoms with Crippen molar-refractivity contribution in [1.29, 1.82) is 0 Å². The molecule has 1 aromatic carbocycles. The summed E-state index contributed by atoms with van der Waals surface area (Å²) < 4.78 is 0. The summed E-state index contributed by atoms with van der Waals surface area (Å²) >= 11 is 0. The van der Waals surface area contributed by atoms with Gasteiger partial charge in [-0.3, -0.25) is 9.59 Å². The number of carbonyl (C=O) groups excluding carboxylic acids is 1. The highest BCUT2D eigenvalue weighted by atomic mass is 16.4. The molecule has 1 atom stereocenters. The lowest BCUT2D eigenvalue weighted by Crippen LogP contribution is -2.12. The molecule has 0 aliphatic heterocycles. The zero-order chi connectivity index (χ0) is 12.1. The number of aliphatic carboxylic acids is 1. The number of rotatable bonds is 5. The van der Waals surface area contributed by atoms with E-state index in [1.54, 1.807) is 24.3 Å². The Labute approximate surface area is 94.1 Å². The third-order valence-corrected chi connectivity index (χ3v) is 2.39. The van der Waals surface area contributed by atoms with E-state index in [2.05, 4.69) is 0 Å². The summed E-state index contributed by atoms with van der Waals surface area (Å²) in [5.41, 5.74) is 7.24. The number of nitrogens with two attached hydrogens (primary N) is 1. The summed E-state index contributed by atoms with van der Waals surface area (Å²) in [6.07, 6.45) is 0.405. The van der Waals surface area contributed by atoms with Gasteiger partial charge in [-0.15, -0.1) is 0 Å². The molecule has 1 rings (SSSR count). The maximum Gasteiger partial charge on any atom is 0.303 e. The quantitative estimate of drug-likeness (QED) is 0.742. The predicted molar refractivity (Wildman–Crippen MR) is 60.2 cm³/mol. The lowest BCUT2D eigenvalue weighted by atomic mass is 9.99. The van der Waals surface area contributed by atoms with Gasteiger partial charge in [-0.05, 0) is 25.0 Å². The molecule has 0 aromatic heterocycles. The van der Waals surface area contributed by atoms with Gasteiger partial charge >= 0.3 is 5.97 Å². The van der Waals surface area contributed by atoms with Gasteiger partial charge < -0.3 is 10.8 Å². The highest BCUT2D eigenvalue weighted by Gasteiger charge is 2.09. The Bertz CT molecular complexity index is 401. The molecule has 3 N–H and O–H groups in total. The first-order valence-corrected chi connectivity index (χ1v) is 5.09. The molecule has 0 heterocycles. The number of Topliss-reactive ketones (excluding diaryl/α,β-unsaturated/α-hetero) is 1. The van der Waals surface area contributed by atoms with Crippen LogP contribution in [0.4, 0.5) is 0 Å². The first-order valence-electron chi connectivity index (χ1n) is 5.09. The number of ketones is 1. The van der Waals surface area contributed by atoms with Crippen LogP contribution in [0.2, 0.25) is 0 Å². The van der Waals surface area contributed by atoms with Gasteiger partial charge in [-0.1, -0.05) is 18.2 Å². The fraction of sp³-hybridized carbons (Fsp3) is 0.333. The molecule has 4 nitrogen and oxygen atoms in total. The van der Waals surface area contributed by atoms with Gasteiger partial charge in [0.2, 0.25) is 0 Å². The monoisotopic (exact) mass is 221 g/mol. The molecule has 86 valence electrons. The molecule has 0 saturated heterocycles. The van der Waals surface area contributed by atoms with Gasteiger partial charge in [-0.25, -0.2) is 0 Å². The molecule has 4 heteroatoms. The highest BCUT2D eigenvalue weighted by molar-refractivity contribution is 5.94. The number of hydrogen-bond donors (Lipinski definition) is 2. The Kier molecular flexibility index (Phi) is 4.19. The maximum atomic E-state index is 11.2. The standard InChI is InChI=1S/C12H15NO3/c1-8(14)9-3-2-4-10(7-9)11(13)5-6-12(15)16/h2-4,7,11H,5-6,13H2,1H3,(H,15,16)/t11-/m1/s1. The van der Waals surface area contributed by atoms with Crippen molar-refractivity contribution in [1.82, 2.24) is 0 Å². The van der Waals surface area contributed by atoms with E-state index in [4.69, 9.17) is 10.8 Å². The van der Waals surface area contributed by atoms with Crippen LogP contribution in [0.25, 0.3) is 0 Å². The smallest absolute Gasteiger partial charge is 0.303 e. The molecule has 0 bridgehead atoms. The van der Waals surface area contributed by atoms with Crippen molar-refractivity contribution in [2.45, 2.75) is 25.8 Å². The third-order valence-electron chi connectivity index (χ3n) is 2.39. The normalized spacial score (nSPS) is 12.1. The molecule has 1 aromatic rings. The summed E-state index contributed by atoms with van der Waals surface area (Å²) in [4.78, 5) is 21.6. The summed E-state index contributed by atoms with van der Waals surface area (Å²) in [6.45, 7) is 1.49. The second-order valence-corrected chi connectivity index (χ2v) is 3.72. The third kappa shape index (κ3) is 3.47. The average molecular weight is 221 g/mol. The van der Waals surface area contributed by atoms with E-state index >= 15 is 0 Å². The second-order valence-electron chi connectivity index (χ2n) is 3.72. The van der Waals surface area contributed by atoms with Gasteiger partial charge in [0.25, 0.3) is 0 Å². The zero-order valence-electron chi connectivity index (χ0n) is 9.14. The topological polar surface area (TPSA) is 80.4 Å². The van der Waals surface area contributed by atoms with Crippen LogP contribution in [-0.2, 0) is 4.79 Å². The Morgan fingerprint density at radius 3 is 2.69 bits per heavy atom. The Morgan fingerprint density at radius 2 is 2.12 bits per heavy atom. The highest BCUT2D eigenvalue weighted by Crippen LogP contribution is 2.17. The van der Waals surface area contributed by atoms with Crippen LogP contribution in [-0.4, -0.2) is 16.9 Å². The van der Waals surface area contributed by atoms with Crippen LogP contribution in [0.15, 0.2) is 24.3 Å². The SMILES string of the molecule is CC(=O)c1cccc([C@H](N)CCC(=O)O)c1. The number of carbonyl (C=O) groups is 2. The molecule has 0 saturated carbocycles. The van der Waals surface area contributed by atoms with E-state index in [1.165, 1.54) is 6.92 Å². The Hall–Kier alpha value is -1.68. The van der Waals surface area contributed by atoms with E-state index < -0.39 is 5.97 Å². The minimum absolute atomic E-state index is 0.0210. The van der Waals surface area contributed by atoms with Gasteiger partial charge in [0.1, 0.15) is 0 Å². The summed E-state index contributed by atoms with van der Waals surface area (Å²) in [7, 11) is 0. The summed E-state index contributed by atoms with van der Waals surface area (Å²) in [6, 6.07) is 6.66. The molecule has 16 heavy (non-hydrogen) atoms. The van der Waals surface area contributed by atoms with E-state index in [0.29, 0.717) is 12.0 Å². The van der Waals surface area contributed by atoms with Crippen LogP contribution in [0.5, 0.6) is 0 Å². The number of carboxylic acid groups (broad SMARTS) is 1. The second kappa shape index (κ2) is 5.42. The molecule has 0 spiro atoms. The minimum atomic E-state index is -0.863. The lowest BCUT2D eigenvalue weighted by molar-refractivity contribution is -0.137. The van der Waals surface area contributed by atoms with E-state index in [0.717, 1.165) is 5.56 Å². The maximum absolute atomic E-state index is 11.2. The van der Waals surface area contributed by atoms with Gasteiger partial charge in [0.05, 0.1) is 0 Å². The first kappa shape index (κ1) is 12.4. The van der Waals surface area contributed by atoms with E-state index in [1.807, 2.05) is 0 Å². The number of carboxylic acids is 1. The fourth-order valence-electron chi connectivity index (χ4n) is 1.43. The van der Waals surface area contributed by atoms with Crippen LogP contribution in [0.1, 0.15) is 41.7 Å². The first-order chi connectivity index (χ1) is 7.50. The van der Waals surface area contributed by atoms with Crippen molar-refractivity contribution in [2.75, 3.05) is 0 Å². The molecule has 0 fully saturated rings. The Balaban J connectivity index is 2.75. The van der Waals surface area contributed by atoms with Crippen LogP contribution in [0.3, 0.4) is 0 Å². The largest absolute Gasteiger partial charge is 0.481 e. The van der Waals surface area contributed by atoms with Gasteiger partial charge in [0, 0.05) is 18.0 Å². The fourth-order valence-corrected chi connectivity index (χ4v) is 1.43. The summed E-state index contributed by atoms with van der Waals surface area (Å²) in [5, 5.41) is 8.54. The number of benzene rings is 1. The molecule has 0 radical (unpaired) electrons. The van der Waals surface area contributed by atoms with Gasteiger partial charge in [0.15, 0.2) is 5.78 Å². The van der Waals surface area contributed by atoms with Gasteiger partial charge in [-0.2, -0.15) is 0 Å². The minimum Gasteiger partial charge on any atom is -0.481 e. The lowest BCUT2D eigenvalue weighted by Gasteiger charge is -2.11. The van der Waals surface area contributed by atoms with E-state index in [-0.39, 0.29) is 18.2 Å². The molecule has 0 aliphatic carbocycles. The number of hydrogen-bond acceptors (Lipinski definition) is 3. The van der Waals surface area contributed by atoms with Crippen molar-refractivity contribution in [2.24, 2.45) is 5.73 Å². The zero-order valence-corrected chi connectivity index (χ0v) is 9.14. The van der Waals surface area contributed by atoms with Crippen molar-refractivity contribution < 1.29 is 14.7 Å². The molecule has 0 amide bonds. The van der Waals surface area contributed by atoms with Crippen LogP contribution < -0.4 is 5.73 Å². The molecular formula is C12H15NO3. The summed E-state index contributed by atoms with van der Waals surface area (Å²) in [5.74, 6) is -0.884. The van der Waals surface area contributed by atoms with Crippen molar-refractivity contribution in [3.8, 4) is 0 Å². The molecular weight excluding hydrogens is 206 g/mol. The molecule has 0 aliphatic rings.